The smallest absolute Gasteiger partial charge is 0.225 e. The number of anilines is 1. The van der Waals surface area contributed by atoms with Crippen molar-refractivity contribution in [1.29, 1.82) is 5.26 Å². The third-order valence-corrected chi connectivity index (χ3v) is 3.64. The summed E-state index contributed by atoms with van der Waals surface area (Å²) in [5, 5.41) is 14.6. The first-order valence-corrected chi connectivity index (χ1v) is 7.82. The fourth-order valence-corrected chi connectivity index (χ4v) is 2.28. The van der Waals surface area contributed by atoms with Crippen molar-refractivity contribution in [3.63, 3.8) is 0 Å². The summed E-state index contributed by atoms with van der Waals surface area (Å²) in [5.74, 6) is -0.166. The number of carbonyl (C=O) groups excluding carboxylic acids is 2. The molecule has 0 radical (unpaired) electrons. The number of benzene rings is 1. The largest absolute Gasteiger partial charge is 0.338 e. The van der Waals surface area contributed by atoms with Crippen LogP contribution in [0, 0.1) is 16.7 Å². The van der Waals surface area contributed by atoms with E-state index in [1.807, 2.05) is 32.9 Å². The Kier molecular flexibility index (Phi) is 4.74. The van der Waals surface area contributed by atoms with Crippen molar-refractivity contribution in [3.8, 4) is 6.07 Å². The van der Waals surface area contributed by atoms with E-state index in [-0.39, 0.29) is 23.7 Å². The molecule has 0 heterocycles. The average molecular weight is 313 g/mol. The van der Waals surface area contributed by atoms with Gasteiger partial charge in [-0.05, 0) is 36.0 Å². The van der Waals surface area contributed by atoms with E-state index in [1.54, 1.807) is 12.1 Å². The van der Waals surface area contributed by atoms with Gasteiger partial charge in [0.1, 0.15) is 5.54 Å². The first-order chi connectivity index (χ1) is 10.7. The summed E-state index contributed by atoms with van der Waals surface area (Å²) in [5.41, 5.74) is 0.892. The molecule has 5 nitrogen and oxygen atoms in total. The Balaban J connectivity index is 1.86. The van der Waals surface area contributed by atoms with Gasteiger partial charge in [0.15, 0.2) is 0 Å². The van der Waals surface area contributed by atoms with Gasteiger partial charge in [-0.3, -0.25) is 9.59 Å². The van der Waals surface area contributed by atoms with Crippen LogP contribution in [0.4, 0.5) is 5.69 Å². The van der Waals surface area contributed by atoms with E-state index in [2.05, 4.69) is 16.7 Å². The molecule has 1 fully saturated rings. The molecule has 2 N–H and O–H groups in total. The number of rotatable bonds is 5. The van der Waals surface area contributed by atoms with Crippen LogP contribution < -0.4 is 10.6 Å². The summed E-state index contributed by atoms with van der Waals surface area (Å²) < 4.78 is 0. The Hall–Kier alpha value is -2.35. The van der Waals surface area contributed by atoms with Crippen molar-refractivity contribution >= 4 is 17.5 Å². The van der Waals surface area contributed by atoms with E-state index in [1.165, 1.54) is 0 Å². The second kappa shape index (κ2) is 6.41. The summed E-state index contributed by atoms with van der Waals surface area (Å²) in [6.07, 6.45) is 2.15. The zero-order valence-corrected chi connectivity index (χ0v) is 13.9. The second-order valence-electron chi connectivity index (χ2n) is 7.40. The van der Waals surface area contributed by atoms with Gasteiger partial charge in [0.2, 0.25) is 11.8 Å². The Labute approximate surface area is 137 Å². The third kappa shape index (κ3) is 5.41. The Morgan fingerprint density at radius 3 is 2.26 bits per heavy atom. The predicted molar refractivity (Wildman–Crippen MR) is 88.6 cm³/mol. The SMILES string of the molecule is CC(C)(C)CC(=O)Nc1ccc(CC(=O)NC2(C#N)CC2)cc1. The molecule has 122 valence electrons. The van der Waals surface area contributed by atoms with Gasteiger partial charge in [-0.15, -0.1) is 0 Å². The van der Waals surface area contributed by atoms with Crippen LogP contribution in [0.15, 0.2) is 24.3 Å². The maximum atomic E-state index is 11.9. The molecule has 1 aliphatic carbocycles. The molecule has 0 aromatic heterocycles. The van der Waals surface area contributed by atoms with Crippen LogP contribution in [-0.4, -0.2) is 17.4 Å². The molecule has 2 amide bonds. The van der Waals surface area contributed by atoms with Crippen molar-refractivity contribution < 1.29 is 9.59 Å². The summed E-state index contributed by atoms with van der Waals surface area (Å²) >= 11 is 0. The van der Waals surface area contributed by atoms with Crippen molar-refractivity contribution in [1.82, 2.24) is 5.32 Å². The van der Waals surface area contributed by atoms with Gasteiger partial charge in [-0.1, -0.05) is 32.9 Å². The van der Waals surface area contributed by atoms with Gasteiger partial charge in [-0.2, -0.15) is 5.26 Å². The molecule has 0 saturated heterocycles. The molecule has 1 aliphatic rings. The minimum Gasteiger partial charge on any atom is -0.338 e. The number of nitrogens with one attached hydrogen (secondary N) is 2. The van der Waals surface area contributed by atoms with Crippen LogP contribution in [0.1, 0.15) is 45.6 Å². The van der Waals surface area contributed by atoms with Gasteiger partial charge in [0.25, 0.3) is 0 Å². The van der Waals surface area contributed by atoms with Gasteiger partial charge in [0.05, 0.1) is 12.5 Å². The van der Waals surface area contributed by atoms with Gasteiger partial charge in [-0.25, -0.2) is 0 Å². The highest BCUT2D eigenvalue weighted by molar-refractivity contribution is 5.91. The van der Waals surface area contributed by atoms with Crippen molar-refractivity contribution in [2.24, 2.45) is 5.41 Å². The number of hydrogen-bond donors (Lipinski definition) is 2. The fourth-order valence-electron chi connectivity index (χ4n) is 2.28. The molecule has 1 aromatic rings. The first-order valence-electron chi connectivity index (χ1n) is 7.82. The molecule has 0 spiro atoms. The highest BCUT2D eigenvalue weighted by Crippen LogP contribution is 2.34. The molecular weight excluding hydrogens is 290 g/mol. The van der Waals surface area contributed by atoms with Gasteiger partial charge < -0.3 is 10.6 Å². The Bertz CT molecular complexity index is 632. The minimum atomic E-state index is -0.627. The lowest BCUT2D eigenvalue weighted by Gasteiger charge is -2.17. The van der Waals surface area contributed by atoms with Crippen molar-refractivity contribution in [3.05, 3.63) is 29.8 Å². The van der Waals surface area contributed by atoms with E-state index in [0.717, 1.165) is 24.1 Å². The maximum Gasteiger partial charge on any atom is 0.225 e. The number of carbonyl (C=O) groups is 2. The van der Waals surface area contributed by atoms with Crippen molar-refractivity contribution in [2.45, 2.75) is 52.0 Å². The first kappa shape index (κ1) is 17.0. The number of nitrogens with zero attached hydrogens (tertiary/aromatic N) is 1. The zero-order valence-electron chi connectivity index (χ0n) is 13.9. The number of nitriles is 1. The summed E-state index contributed by atoms with van der Waals surface area (Å²) in [4.78, 5) is 23.8. The molecule has 23 heavy (non-hydrogen) atoms. The molecule has 0 atom stereocenters. The third-order valence-electron chi connectivity index (χ3n) is 3.64. The van der Waals surface area contributed by atoms with E-state index >= 15 is 0 Å². The van der Waals surface area contributed by atoms with E-state index in [0.29, 0.717) is 6.42 Å². The van der Waals surface area contributed by atoms with Crippen LogP contribution in [0.2, 0.25) is 0 Å². The normalized spacial score (nSPS) is 15.4. The average Bonchev–Trinajstić information content (AvgIpc) is 3.19. The van der Waals surface area contributed by atoms with Crippen LogP contribution in [0.3, 0.4) is 0 Å². The molecule has 0 unspecified atom stereocenters. The second-order valence-corrected chi connectivity index (χ2v) is 7.40. The monoisotopic (exact) mass is 313 g/mol. The van der Waals surface area contributed by atoms with Crippen LogP contribution in [0.5, 0.6) is 0 Å². The summed E-state index contributed by atoms with van der Waals surface area (Å²) in [6.45, 7) is 6.05. The van der Waals surface area contributed by atoms with E-state index < -0.39 is 5.54 Å². The molecule has 5 heteroatoms. The fraction of sp³-hybridized carbons (Fsp3) is 0.500. The Morgan fingerprint density at radius 2 is 1.78 bits per heavy atom. The van der Waals surface area contributed by atoms with Gasteiger partial charge >= 0.3 is 0 Å². The van der Waals surface area contributed by atoms with Gasteiger partial charge in [0, 0.05) is 12.1 Å². The predicted octanol–water partition coefficient (Wildman–Crippen LogP) is 2.78. The molecular formula is C18H23N3O2. The quantitative estimate of drug-likeness (QED) is 0.877. The maximum absolute atomic E-state index is 11.9. The molecule has 0 aliphatic heterocycles. The van der Waals surface area contributed by atoms with Crippen molar-refractivity contribution in [2.75, 3.05) is 5.32 Å². The lowest BCUT2D eigenvalue weighted by molar-refractivity contribution is -0.121. The summed E-state index contributed by atoms with van der Waals surface area (Å²) in [7, 11) is 0. The zero-order chi connectivity index (χ0) is 17.1. The Morgan fingerprint density at radius 1 is 1.17 bits per heavy atom. The highest BCUT2D eigenvalue weighted by Gasteiger charge is 2.44. The molecule has 1 aromatic carbocycles. The van der Waals surface area contributed by atoms with Crippen LogP contribution in [-0.2, 0) is 16.0 Å². The topological polar surface area (TPSA) is 82.0 Å². The highest BCUT2D eigenvalue weighted by atomic mass is 16.2. The minimum absolute atomic E-state index is 0.0207. The lowest BCUT2D eigenvalue weighted by atomic mass is 9.92. The molecule has 0 bridgehead atoms. The van der Waals surface area contributed by atoms with Crippen LogP contribution in [0.25, 0.3) is 0 Å². The molecule has 2 rings (SSSR count). The van der Waals surface area contributed by atoms with E-state index in [9.17, 15) is 9.59 Å². The van der Waals surface area contributed by atoms with E-state index in [4.69, 9.17) is 5.26 Å². The molecule has 1 saturated carbocycles. The number of hydrogen-bond acceptors (Lipinski definition) is 3. The standard InChI is InChI=1S/C18H23N3O2/c1-17(2,3)11-16(23)20-14-6-4-13(5-7-14)10-15(22)21-18(12-19)8-9-18/h4-7H,8-11H2,1-3H3,(H,20,23)(H,21,22). The van der Waals surface area contributed by atoms with Crippen LogP contribution >= 0.6 is 0 Å². The lowest BCUT2D eigenvalue weighted by Crippen LogP contribution is -2.36. The number of amides is 2. The summed E-state index contributed by atoms with van der Waals surface area (Å²) in [6, 6.07) is 9.36.